The SMILES string of the molecule is C#CCOc1ccc(CCNC(=O)c2cn(-c3ccccc3)nc2-c2cccnc2)cc1. The first-order valence-corrected chi connectivity index (χ1v) is 10.2. The normalized spacial score (nSPS) is 10.3. The van der Waals surface area contributed by atoms with Gasteiger partial charge in [0.25, 0.3) is 5.91 Å². The Morgan fingerprint density at radius 1 is 1.06 bits per heavy atom. The lowest BCUT2D eigenvalue weighted by molar-refractivity contribution is 0.0954. The number of nitrogens with one attached hydrogen (secondary N) is 1. The van der Waals surface area contributed by atoms with Gasteiger partial charge in [0.2, 0.25) is 0 Å². The third kappa shape index (κ3) is 5.02. The number of amides is 1. The minimum atomic E-state index is -0.181. The van der Waals surface area contributed by atoms with Gasteiger partial charge in [-0.05, 0) is 48.4 Å². The van der Waals surface area contributed by atoms with Gasteiger partial charge in [0.15, 0.2) is 0 Å². The molecule has 1 N–H and O–H groups in total. The van der Waals surface area contributed by atoms with Crippen molar-refractivity contribution in [1.82, 2.24) is 20.1 Å². The van der Waals surface area contributed by atoms with Crippen LogP contribution in [0.1, 0.15) is 15.9 Å². The van der Waals surface area contributed by atoms with Crippen LogP contribution in [0.15, 0.2) is 85.3 Å². The van der Waals surface area contributed by atoms with Crippen LogP contribution in [0.5, 0.6) is 5.75 Å². The Morgan fingerprint density at radius 3 is 2.59 bits per heavy atom. The molecular weight excluding hydrogens is 400 g/mol. The predicted octanol–water partition coefficient (Wildman–Crippen LogP) is 3.92. The third-order valence-electron chi connectivity index (χ3n) is 4.86. The van der Waals surface area contributed by atoms with E-state index in [1.165, 1.54) is 0 Å². The number of pyridine rings is 1. The second kappa shape index (κ2) is 10.1. The van der Waals surface area contributed by atoms with E-state index in [2.05, 4.69) is 21.3 Å². The highest BCUT2D eigenvalue weighted by atomic mass is 16.5. The summed E-state index contributed by atoms with van der Waals surface area (Å²) in [5.41, 5.74) is 3.85. The first kappa shape index (κ1) is 20.9. The fraction of sp³-hybridized carbons (Fsp3) is 0.115. The van der Waals surface area contributed by atoms with Gasteiger partial charge >= 0.3 is 0 Å². The van der Waals surface area contributed by atoms with Gasteiger partial charge in [-0.1, -0.05) is 36.3 Å². The van der Waals surface area contributed by atoms with Gasteiger partial charge in [0, 0.05) is 30.7 Å². The molecule has 2 aromatic heterocycles. The minimum absolute atomic E-state index is 0.181. The van der Waals surface area contributed by atoms with Crippen molar-refractivity contribution in [2.45, 2.75) is 6.42 Å². The molecule has 0 unspecified atom stereocenters. The van der Waals surface area contributed by atoms with Gasteiger partial charge in [-0.25, -0.2) is 4.68 Å². The standard InChI is InChI=1S/C26H22N4O2/c1-2-17-32-23-12-10-20(11-13-23)14-16-28-26(31)24-19-30(22-8-4-3-5-9-22)29-25(24)21-7-6-15-27-18-21/h1,3-13,15,18-19H,14,16-17H2,(H,28,31). The number of carbonyl (C=O) groups is 1. The van der Waals surface area contributed by atoms with Crippen LogP contribution in [-0.2, 0) is 6.42 Å². The number of nitrogens with zero attached hydrogens (tertiary/aromatic N) is 3. The average Bonchev–Trinajstić information content (AvgIpc) is 3.30. The van der Waals surface area contributed by atoms with Crippen LogP contribution in [0.25, 0.3) is 16.9 Å². The summed E-state index contributed by atoms with van der Waals surface area (Å²) in [6.45, 7) is 0.734. The molecule has 0 spiro atoms. The molecule has 0 radical (unpaired) electrons. The van der Waals surface area contributed by atoms with Gasteiger partial charge in [0.1, 0.15) is 18.1 Å². The second-order valence-electron chi connectivity index (χ2n) is 7.06. The van der Waals surface area contributed by atoms with Crippen LogP contribution in [0.4, 0.5) is 0 Å². The van der Waals surface area contributed by atoms with Gasteiger partial charge in [-0.15, -0.1) is 6.42 Å². The predicted molar refractivity (Wildman–Crippen MR) is 124 cm³/mol. The van der Waals surface area contributed by atoms with Crippen LogP contribution in [-0.4, -0.2) is 33.8 Å². The molecule has 0 aliphatic rings. The molecule has 0 aliphatic carbocycles. The van der Waals surface area contributed by atoms with E-state index < -0.39 is 0 Å². The molecule has 158 valence electrons. The van der Waals surface area contributed by atoms with E-state index in [0.717, 1.165) is 22.6 Å². The zero-order chi connectivity index (χ0) is 22.2. The maximum Gasteiger partial charge on any atom is 0.255 e. The van der Waals surface area contributed by atoms with Crippen molar-refractivity contribution in [3.63, 3.8) is 0 Å². The van der Waals surface area contributed by atoms with E-state index in [0.29, 0.717) is 24.2 Å². The summed E-state index contributed by atoms with van der Waals surface area (Å²) in [5, 5.41) is 7.66. The Hall–Kier alpha value is -4.37. The molecule has 4 aromatic rings. The van der Waals surface area contributed by atoms with Crippen molar-refractivity contribution >= 4 is 5.91 Å². The van der Waals surface area contributed by atoms with Crippen LogP contribution in [0.2, 0.25) is 0 Å². The summed E-state index contributed by atoms with van der Waals surface area (Å²) < 4.78 is 7.10. The van der Waals surface area contributed by atoms with E-state index in [4.69, 9.17) is 11.2 Å². The highest BCUT2D eigenvalue weighted by Crippen LogP contribution is 2.23. The summed E-state index contributed by atoms with van der Waals surface area (Å²) in [4.78, 5) is 17.2. The lowest BCUT2D eigenvalue weighted by Gasteiger charge is -2.07. The quantitative estimate of drug-likeness (QED) is 0.437. The van der Waals surface area contributed by atoms with Gasteiger partial charge < -0.3 is 10.1 Å². The van der Waals surface area contributed by atoms with Crippen LogP contribution < -0.4 is 10.1 Å². The smallest absolute Gasteiger partial charge is 0.255 e. The van der Waals surface area contributed by atoms with Crippen molar-refractivity contribution in [2.24, 2.45) is 0 Å². The van der Waals surface area contributed by atoms with Crippen LogP contribution in [0.3, 0.4) is 0 Å². The van der Waals surface area contributed by atoms with Crippen molar-refractivity contribution in [3.05, 3.63) is 96.4 Å². The number of hydrogen-bond donors (Lipinski definition) is 1. The van der Waals surface area contributed by atoms with Crippen LogP contribution in [0, 0.1) is 12.3 Å². The second-order valence-corrected chi connectivity index (χ2v) is 7.06. The first-order valence-electron chi connectivity index (χ1n) is 10.2. The Balaban J connectivity index is 1.48. The number of ether oxygens (including phenoxy) is 1. The molecule has 2 heterocycles. The van der Waals surface area contributed by atoms with Crippen molar-refractivity contribution in [2.75, 3.05) is 13.2 Å². The highest BCUT2D eigenvalue weighted by molar-refractivity contribution is 5.99. The maximum atomic E-state index is 13.0. The van der Waals surface area contributed by atoms with Crippen molar-refractivity contribution < 1.29 is 9.53 Å². The number of terminal acetylenes is 1. The minimum Gasteiger partial charge on any atom is -0.481 e. The third-order valence-corrected chi connectivity index (χ3v) is 4.86. The highest BCUT2D eigenvalue weighted by Gasteiger charge is 2.18. The molecular formula is C26H22N4O2. The summed E-state index contributed by atoms with van der Waals surface area (Å²) in [7, 11) is 0. The molecule has 6 heteroatoms. The van der Waals surface area contributed by atoms with Crippen molar-refractivity contribution in [1.29, 1.82) is 0 Å². The fourth-order valence-electron chi connectivity index (χ4n) is 3.26. The number of para-hydroxylation sites is 1. The summed E-state index contributed by atoms with van der Waals surface area (Å²) in [6, 6.07) is 21.1. The van der Waals surface area contributed by atoms with Crippen LogP contribution >= 0.6 is 0 Å². The average molecular weight is 422 g/mol. The molecule has 4 rings (SSSR count). The lowest BCUT2D eigenvalue weighted by atomic mass is 10.1. The molecule has 0 bridgehead atoms. The summed E-state index contributed by atoms with van der Waals surface area (Å²) >= 11 is 0. The zero-order valence-corrected chi connectivity index (χ0v) is 17.4. The molecule has 0 atom stereocenters. The van der Waals surface area contributed by atoms with E-state index >= 15 is 0 Å². The molecule has 6 nitrogen and oxygen atoms in total. The first-order chi connectivity index (χ1) is 15.7. The Labute approximate surface area is 186 Å². The summed E-state index contributed by atoms with van der Waals surface area (Å²) in [5.74, 6) is 2.99. The summed E-state index contributed by atoms with van der Waals surface area (Å²) in [6.07, 6.45) is 11.1. The molecule has 2 aromatic carbocycles. The number of carbonyl (C=O) groups excluding carboxylic acids is 1. The number of hydrogen-bond acceptors (Lipinski definition) is 4. The van der Waals surface area contributed by atoms with Gasteiger partial charge in [-0.2, -0.15) is 5.10 Å². The maximum absolute atomic E-state index is 13.0. The fourth-order valence-corrected chi connectivity index (χ4v) is 3.26. The van der Waals surface area contributed by atoms with E-state index in [9.17, 15) is 4.79 Å². The zero-order valence-electron chi connectivity index (χ0n) is 17.4. The Kier molecular flexibility index (Phi) is 6.59. The van der Waals surface area contributed by atoms with E-state index in [1.54, 1.807) is 23.3 Å². The number of rotatable bonds is 8. The molecule has 0 saturated heterocycles. The van der Waals surface area contributed by atoms with E-state index in [-0.39, 0.29) is 12.5 Å². The molecule has 0 saturated carbocycles. The molecule has 0 aliphatic heterocycles. The van der Waals surface area contributed by atoms with Crippen molar-refractivity contribution in [3.8, 4) is 35.0 Å². The van der Waals surface area contributed by atoms with Gasteiger partial charge in [0.05, 0.1) is 11.3 Å². The van der Waals surface area contributed by atoms with E-state index in [1.807, 2.05) is 66.7 Å². The van der Waals surface area contributed by atoms with Gasteiger partial charge in [-0.3, -0.25) is 9.78 Å². The largest absolute Gasteiger partial charge is 0.481 e. The monoisotopic (exact) mass is 422 g/mol. The Bertz CT molecular complexity index is 1210. The molecule has 1 amide bonds. The topological polar surface area (TPSA) is 69.0 Å². The Morgan fingerprint density at radius 2 is 1.88 bits per heavy atom. The lowest BCUT2D eigenvalue weighted by Crippen LogP contribution is -2.25. The number of aromatic nitrogens is 3. The molecule has 32 heavy (non-hydrogen) atoms. The number of benzene rings is 2. The molecule has 0 fully saturated rings.